The van der Waals surface area contributed by atoms with Crippen molar-refractivity contribution < 1.29 is 4.74 Å². The summed E-state index contributed by atoms with van der Waals surface area (Å²) in [5.41, 5.74) is 0. The Kier molecular flexibility index (Phi) is 4.94. The van der Waals surface area contributed by atoms with E-state index in [1.165, 1.54) is 0 Å². The molecule has 1 N–H and O–H groups in total. The second kappa shape index (κ2) is 5.39. The number of hydrogen-bond donors (Lipinski definition) is 1. The summed E-state index contributed by atoms with van der Waals surface area (Å²) in [6.45, 7) is 5.16. The molecule has 0 aromatic heterocycles. The van der Waals surface area contributed by atoms with E-state index in [0.29, 0.717) is 13.2 Å². The van der Waals surface area contributed by atoms with Crippen LogP contribution < -0.4 is 5.32 Å². The average Bonchev–Trinajstić information content (AvgIpc) is 1.85. The molecule has 0 radical (unpaired) electrons. The van der Waals surface area contributed by atoms with Crippen molar-refractivity contribution in [3.8, 4) is 6.19 Å². The van der Waals surface area contributed by atoms with Crippen LogP contribution in [0.3, 0.4) is 0 Å². The Labute approximate surface area is 55.6 Å². The highest BCUT2D eigenvalue weighted by Gasteiger charge is 1.96. The minimum atomic E-state index is 0.134. The molecule has 0 aliphatic heterocycles. The molecule has 9 heavy (non-hydrogen) atoms. The number of ether oxygens (including phenoxy) is 1. The fourth-order valence-electron chi connectivity index (χ4n) is 0.533. The van der Waals surface area contributed by atoms with E-state index in [9.17, 15) is 0 Å². The van der Waals surface area contributed by atoms with Crippen LogP contribution in [0.2, 0.25) is 0 Å². The van der Waals surface area contributed by atoms with E-state index in [1.807, 2.05) is 20.0 Å². The Morgan fingerprint density at radius 2 is 2.44 bits per heavy atom. The van der Waals surface area contributed by atoms with E-state index in [4.69, 9.17) is 10.00 Å². The molecule has 0 saturated heterocycles. The molecule has 1 unspecified atom stereocenters. The van der Waals surface area contributed by atoms with E-state index in [-0.39, 0.29) is 6.10 Å². The van der Waals surface area contributed by atoms with Gasteiger partial charge in [-0.2, -0.15) is 5.26 Å². The summed E-state index contributed by atoms with van der Waals surface area (Å²) in [6, 6.07) is 0. The van der Waals surface area contributed by atoms with Crippen LogP contribution in [-0.4, -0.2) is 19.3 Å². The van der Waals surface area contributed by atoms with Gasteiger partial charge in [-0.25, -0.2) is 0 Å². The maximum atomic E-state index is 8.07. The Bertz CT molecular complexity index is 97.7. The second-order valence-electron chi connectivity index (χ2n) is 1.76. The predicted octanol–water partition coefficient (Wildman–Crippen LogP) is 0.482. The molecule has 0 amide bonds. The van der Waals surface area contributed by atoms with E-state index in [1.54, 1.807) is 0 Å². The van der Waals surface area contributed by atoms with Gasteiger partial charge in [-0.15, -0.1) is 0 Å². The topological polar surface area (TPSA) is 45.0 Å². The molecule has 0 fully saturated rings. The van der Waals surface area contributed by atoms with Crippen LogP contribution in [-0.2, 0) is 4.74 Å². The summed E-state index contributed by atoms with van der Waals surface area (Å²) in [5.74, 6) is 0. The Balaban J connectivity index is 3.07. The second-order valence-corrected chi connectivity index (χ2v) is 1.76. The van der Waals surface area contributed by atoms with Gasteiger partial charge >= 0.3 is 0 Å². The Hall–Kier alpha value is -0.750. The number of hydrogen-bond acceptors (Lipinski definition) is 3. The lowest BCUT2D eigenvalue weighted by Crippen LogP contribution is -2.22. The maximum absolute atomic E-state index is 8.07. The first-order valence-electron chi connectivity index (χ1n) is 3.04. The summed E-state index contributed by atoms with van der Waals surface area (Å²) >= 11 is 0. The third kappa shape index (κ3) is 5.12. The lowest BCUT2D eigenvalue weighted by molar-refractivity contribution is 0.0789. The van der Waals surface area contributed by atoms with Gasteiger partial charge in [0.1, 0.15) is 0 Å². The highest BCUT2D eigenvalue weighted by molar-refractivity contribution is 4.67. The van der Waals surface area contributed by atoms with Crippen LogP contribution in [0.15, 0.2) is 0 Å². The van der Waals surface area contributed by atoms with Crippen LogP contribution in [0.5, 0.6) is 0 Å². The van der Waals surface area contributed by atoms with Crippen LogP contribution in [0.4, 0.5) is 0 Å². The van der Waals surface area contributed by atoms with E-state index in [2.05, 4.69) is 5.32 Å². The molecule has 0 bridgehead atoms. The Morgan fingerprint density at radius 3 is 2.89 bits per heavy atom. The third-order valence-electron chi connectivity index (χ3n) is 0.920. The van der Waals surface area contributed by atoms with E-state index >= 15 is 0 Å². The molecule has 0 spiro atoms. The number of nitrogens with zero attached hydrogens (tertiary/aromatic N) is 1. The quantitative estimate of drug-likeness (QED) is 0.442. The van der Waals surface area contributed by atoms with Gasteiger partial charge in [0.15, 0.2) is 6.19 Å². The minimum absolute atomic E-state index is 0.134. The molecule has 52 valence electrons. The highest BCUT2D eigenvalue weighted by atomic mass is 16.5. The first-order chi connectivity index (χ1) is 4.31. The number of nitriles is 1. The number of rotatable bonds is 4. The van der Waals surface area contributed by atoms with Crippen LogP contribution in [0, 0.1) is 11.5 Å². The third-order valence-corrected chi connectivity index (χ3v) is 0.920. The Morgan fingerprint density at radius 1 is 1.78 bits per heavy atom. The van der Waals surface area contributed by atoms with Crippen molar-refractivity contribution >= 4 is 0 Å². The summed E-state index contributed by atoms with van der Waals surface area (Å²) in [7, 11) is 0. The zero-order valence-corrected chi connectivity index (χ0v) is 5.85. The van der Waals surface area contributed by atoms with Crippen molar-refractivity contribution in [3.63, 3.8) is 0 Å². The zero-order valence-electron chi connectivity index (χ0n) is 5.85. The lowest BCUT2D eigenvalue weighted by Gasteiger charge is -2.08. The molecule has 0 saturated carbocycles. The van der Waals surface area contributed by atoms with Gasteiger partial charge in [-0.05, 0) is 13.8 Å². The van der Waals surface area contributed by atoms with Crippen molar-refractivity contribution in [2.24, 2.45) is 0 Å². The largest absolute Gasteiger partial charge is 0.377 e. The van der Waals surface area contributed by atoms with Crippen molar-refractivity contribution in [3.05, 3.63) is 0 Å². The molecule has 0 aliphatic carbocycles. The molecule has 3 nitrogen and oxygen atoms in total. The summed E-state index contributed by atoms with van der Waals surface area (Å²) in [5, 5.41) is 10.6. The zero-order chi connectivity index (χ0) is 7.11. The molecular weight excluding hydrogens is 116 g/mol. The standard InChI is InChI=1S/C6H12N2O/c1-3-9-6(2)4-8-5-7/h6,8H,3-4H2,1-2H3. The number of nitrogens with one attached hydrogen (secondary N) is 1. The smallest absolute Gasteiger partial charge is 0.176 e. The SMILES string of the molecule is CCOC(C)CNC#N. The van der Waals surface area contributed by atoms with Gasteiger partial charge in [0.05, 0.1) is 12.6 Å². The molecule has 0 aromatic rings. The molecular formula is C6H12N2O. The predicted molar refractivity (Wildman–Crippen MR) is 34.7 cm³/mol. The van der Waals surface area contributed by atoms with Crippen molar-refractivity contribution in [2.75, 3.05) is 13.2 Å². The molecule has 0 heterocycles. The molecule has 0 aliphatic rings. The molecule has 0 aromatic carbocycles. The van der Waals surface area contributed by atoms with Gasteiger partial charge in [0, 0.05) is 6.61 Å². The lowest BCUT2D eigenvalue weighted by atomic mass is 10.4. The van der Waals surface area contributed by atoms with Crippen LogP contribution >= 0.6 is 0 Å². The fourth-order valence-corrected chi connectivity index (χ4v) is 0.533. The van der Waals surface area contributed by atoms with Crippen molar-refractivity contribution in [1.29, 1.82) is 5.26 Å². The van der Waals surface area contributed by atoms with Crippen molar-refractivity contribution in [1.82, 2.24) is 5.32 Å². The normalized spacial score (nSPS) is 12.1. The molecule has 1 atom stereocenters. The summed E-state index contributed by atoms with van der Waals surface area (Å²) in [6.07, 6.45) is 1.96. The summed E-state index contributed by atoms with van der Waals surface area (Å²) in [4.78, 5) is 0. The first kappa shape index (κ1) is 8.25. The highest BCUT2D eigenvalue weighted by Crippen LogP contribution is 1.85. The van der Waals surface area contributed by atoms with Crippen molar-refractivity contribution in [2.45, 2.75) is 20.0 Å². The van der Waals surface area contributed by atoms with Gasteiger partial charge in [-0.1, -0.05) is 0 Å². The average molecular weight is 128 g/mol. The maximum Gasteiger partial charge on any atom is 0.176 e. The summed E-state index contributed by atoms with van der Waals surface area (Å²) < 4.78 is 5.13. The molecule has 0 rings (SSSR count). The fraction of sp³-hybridized carbons (Fsp3) is 0.833. The van der Waals surface area contributed by atoms with Crippen LogP contribution in [0.25, 0.3) is 0 Å². The van der Waals surface area contributed by atoms with Gasteiger partial charge in [0.2, 0.25) is 0 Å². The van der Waals surface area contributed by atoms with Gasteiger partial charge in [-0.3, -0.25) is 0 Å². The monoisotopic (exact) mass is 128 g/mol. The molecule has 3 heteroatoms. The minimum Gasteiger partial charge on any atom is -0.377 e. The van der Waals surface area contributed by atoms with Gasteiger partial charge in [0.25, 0.3) is 0 Å². The van der Waals surface area contributed by atoms with Gasteiger partial charge < -0.3 is 10.1 Å². The van der Waals surface area contributed by atoms with E-state index < -0.39 is 0 Å². The van der Waals surface area contributed by atoms with E-state index in [0.717, 1.165) is 0 Å². The van der Waals surface area contributed by atoms with Crippen LogP contribution in [0.1, 0.15) is 13.8 Å². The first-order valence-corrected chi connectivity index (χ1v) is 3.04.